The van der Waals surface area contributed by atoms with Crippen LogP contribution in [0.5, 0.6) is 0 Å². The molecule has 3 aromatic carbocycles. The van der Waals surface area contributed by atoms with E-state index in [1.54, 1.807) is 24.3 Å². The Morgan fingerprint density at radius 2 is 1.47 bits per heavy atom. The van der Waals surface area contributed by atoms with Crippen LogP contribution in [-0.4, -0.2) is 57.9 Å². The maximum Gasteiger partial charge on any atom is 0.243 e. The first kappa shape index (κ1) is 28.0. The van der Waals surface area contributed by atoms with Gasteiger partial charge < -0.3 is 5.32 Å². The number of carbonyl (C=O) groups is 1. The van der Waals surface area contributed by atoms with Crippen LogP contribution in [0.25, 0.3) is 0 Å². The van der Waals surface area contributed by atoms with E-state index in [1.165, 1.54) is 39.9 Å². The molecule has 202 valence electrons. The summed E-state index contributed by atoms with van der Waals surface area (Å²) >= 11 is 0. The van der Waals surface area contributed by atoms with E-state index >= 15 is 0 Å². The zero-order chi connectivity index (χ0) is 27.2. The van der Waals surface area contributed by atoms with E-state index in [0.717, 1.165) is 31.2 Å². The van der Waals surface area contributed by atoms with E-state index in [9.17, 15) is 21.6 Å². The molecular weight excluding hydrogens is 522 g/mol. The molecule has 3 aromatic rings. The second kappa shape index (κ2) is 12.2. The number of nitrogens with zero attached hydrogens (tertiary/aromatic N) is 2. The first-order valence-electron chi connectivity index (χ1n) is 12.7. The van der Waals surface area contributed by atoms with Gasteiger partial charge in [0.25, 0.3) is 0 Å². The fourth-order valence-corrected chi connectivity index (χ4v) is 7.12. The number of anilines is 1. The summed E-state index contributed by atoms with van der Waals surface area (Å²) in [4.78, 5) is 13.1. The number of sulfonamides is 2. The van der Waals surface area contributed by atoms with Crippen molar-refractivity contribution in [1.29, 1.82) is 0 Å². The molecule has 10 heteroatoms. The molecular formula is C28H33N3O5S2. The lowest BCUT2D eigenvalue weighted by Crippen LogP contribution is -2.32. The van der Waals surface area contributed by atoms with Crippen molar-refractivity contribution in [2.75, 3.05) is 32.0 Å². The highest BCUT2D eigenvalue weighted by molar-refractivity contribution is 7.89. The van der Waals surface area contributed by atoms with E-state index in [2.05, 4.69) is 5.32 Å². The Morgan fingerprint density at radius 1 is 0.816 bits per heavy atom. The molecule has 1 N–H and O–H groups in total. The minimum absolute atomic E-state index is 0.0623. The van der Waals surface area contributed by atoms with E-state index in [1.807, 2.05) is 30.3 Å². The van der Waals surface area contributed by atoms with E-state index in [0.29, 0.717) is 24.3 Å². The summed E-state index contributed by atoms with van der Waals surface area (Å²) in [5, 5.41) is 3.00. The highest BCUT2D eigenvalue weighted by Gasteiger charge is 2.26. The van der Waals surface area contributed by atoms with E-state index < -0.39 is 20.0 Å². The van der Waals surface area contributed by atoms with Crippen molar-refractivity contribution in [3.63, 3.8) is 0 Å². The molecule has 0 amide bonds. The van der Waals surface area contributed by atoms with Crippen molar-refractivity contribution in [2.24, 2.45) is 0 Å². The summed E-state index contributed by atoms with van der Waals surface area (Å²) in [6.07, 6.45) is 3.72. The third kappa shape index (κ3) is 6.68. The molecule has 0 aliphatic carbocycles. The summed E-state index contributed by atoms with van der Waals surface area (Å²) in [7, 11) is -5.80. The highest BCUT2D eigenvalue weighted by atomic mass is 32.2. The van der Waals surface area contributed by atoms with Gasteiger partial charge in [0.15, 0.2) is 5.78 Å². The van der Waals surface area contributed by atoms with Crippen molar-refractivity contribution in [3.8, 4) is 0 Å². The van der Waals surface area contributed by atoms with Gasteiger partial charge in [-0.3, -0.25) is 4.79 Å². The van der Waals surface area contributed by atoms with Crippen LogP contribution in [-0.2, 0) is 26.6 Å². The van der Waals surface area contributed by atoms with Crippen molar-refractivity contribution in [1.82, 2.24) is 8.61 Å². The number of ketones is 1. The number of carbonyl (C=O) groups excluding carboxylic acids is 1. The maximum atomic E-state index is 13.1. The van der Waals surface area contributed by atoms with Gasteiger partial charge in [-0.1, -0.05) is 55.3 Å². The van der Waals surface area contributed by atoms with Gasteiger partial charge in [0.2, 0.25) is 20.0 Å². The molecule has 38 heavy (non-hydrogen) atoms. The van der Waals surface area contributed by atoms with Crippen molar-refractivity contribution >= 4 is 31.5 Å². The molecule has 0 saturated carbocycles. The molecule has 0 aromatic heterocycles. The molecule has 1 aliphatic rings. The van der Waals surface area contributed by atoms with Gasteiger partial charge in [-0.2, -0.15) is 8.61 Å². The van der Waals surface area contributed by atoms with Crippen LogP contribution >= 0.6 is 0 Å². The first-order chi connectivity index (χ1) is 18.2. The minimum Gasteiger partial charge on any atom is -0.378 e. The molecule has 4 rings (SSSR count). The zero-order valence-electron chi connectivity index (χ0n) is 21.4. The lowest BCUT2D eigenvalue weighted by atomic mass is 10.1. The van der Waals surface area contributed by atoms with Crippen molar-refractivity contribution < 1.29 is 21.6 Å². The zero-order valence-corrected chi connectivity index (χ0v) is 23.0. The number of hydrogen-bond donors (Lipinski definition) is 1. The lowest BCUT2D eigenvalue weighted by Gasteiger charge is -2.20. The Balaban J connectivity index is 1.39. The summed E-state index contributed by atoms with van der Waals surface area (Å²) in [5.41, 5.74) is 1.77. The Kier molecular flexibility index (Phi) is 8.99. The van der Waals surface area contributed by atoms with Gasteiger partial charge >= 0.3 is 0 Å². The van der Waals surface area contributed by atoms with Gasteiger partial charge in [-0.05, 0) is 54.8 Å². The highest BCUT2D eigenvalue weighted by Crippen LogP contribution is 2.22. The van der Waals surface area contributed by atoms with Gasteiger partial charge in [-0.15, -0.1) is 0 Å². The van der Waals surface area contributed by atoms with Crippen LogP contribution in [0, 0.1) is 0 Å². The van der Waals surface area contributed by atoms with Crippen LogP contribution in [0.2, 0.25) is 0 Å². The van der Waals surface area contributed by atoms with E-state index in [4.69, 9.17) is 0 Å². The van der Waals surface area contributed by atoms with Crippen LogP contribution in [0.4, 0.5) is 5.69 Å². The quantitative estimate of drug-likeness (QED) is 0.373. The first-order valence-corrected chi connectivity index (χ1v) is 15.5. The second-order valence-corrected chi connectivity index (χ2v) is 13.4. The average molecular weight is 556 g/mol. The van der Waals surface area contributed by atoms with Gasteiger partial charge in [0, 0.05) is 37.9 Å². The number of nitrogens with one attached hydrogen (secondary N) is 1. The van der Waals surface area contributed by atoms with Crippen molar-refractivity contribution in [2.45, 2.75) is 42.0 Å². The fourth-order valence-electron chi connectivity index (χ4n) is 4.40. The molecule has 0 radical (unpaired) electrons. The predicted molar refractivity (Wildman–Crippen MR) is 148 cm³/mol. The van der Waals surface area contributed by atoms with Gasteiger partial charge in [0.1, 0.15) is 0 Å². The topological polar surface area (TPSA) is 104 Å². The molecule has 0 spiro atoms. The Hall–Kier alpha value is -3.05. The maximum absolute atomic E-state index is 13.1. The predicted octanol–water partition coefficient (Wildman–Crippen LogP) is 4.37. The van der Waals surface area contributed by atoms with Gasteiger partial charge in [0.05, 0.1) is 16.3 Å². The summed E-state index contributed by atoms with van der Waals surface area (Å²) < 4.78 is 54.9. The summed E-state index contributed by atoms with van der Waals surface area (Å²) in [5.74, 6) is -0.266. The third-order valence-corrected chi connectivity index (χ3v) is 10.3. The van der Waals surface area contributed by atoms with E-state index in [-0.39, 0.29) is 28.7 Å². The number of rotatable bonds is 10. The molecule has 1 aliphatic heterocycles. The monoisotopic (exact) mass is 555 g/mol. The number of hydrogen-bond acceptors (Lipinski definition) is 6. The minimum atomic E-state index is -3.68. The SMILES string of the molecule is CN(Cc1ccccc1)S(=O)(=O)c1ccc(NCC(=O)c2cccc(S(=O)(=O)N3CCCCCC3)c2)cc1. The van der Waals surface area contributed by atoms with Crippen molar-refractivity contribution in [3.05, 3.63) is 90.0 Å². The Bertz CT molecular complexity index is 1450. The Labute approximate surface area is 225 Å². The summed E-state index contributed by atoms with van der Waals surface area (Å²) in [6, 6.07) is 21.7. The smallest absolute Gasteiger partial charge is 0.243 e. The standard InChI is InChI=1S/C28H33N3O5S2/c1-30(22-23-10-5-4-6-11-23)37(33,34)26-16-14-25(15-17-26)29-21-28(32)24-12-9-13-27(20-24)38(35,36)31-18-7-2-3-8-19-31/h4-6,9-17,20,29H,2-3,7-8,18-19,21-22H2,1H3. The number of benzene rings is 3. The molecule has 0 unspecified atom stereocenters. The van der Waals surface area contributed by atoms with Crippen LogP contribution in [0.1, 0.15) is 41.6 Å². The third-order valence-electron chi connectivity index (χ3n) is 6.62. The normalized spacial score (nSPS) is 15.2. The molecule has 0 atom stereocenters. The average Bonchev–Trinajstić information content (AvgIpc) is 3.23. The summed E-state index contributed by atoms with van der Waals surface area (Å²) in [6.45, 7) is 1.18. The molecule has 8 nitrogen and oxygen atoms in total. The van der Waals surface area contributed by atoms with Crippen LogP contribution in [0.3, 0.4) is 0 Å². The molecule has 1 heterocycles. The molecule has 0 bridgehead atoms. The Morgan fingerprint density at radius 3 is 2.13 bits per heavy atom. The van der Waals surface area contributed by atoms with Crippen LogP contribution in [0.15, 0.2) is 88.7 Å². The molecule has 1 fully saturated rings. The van der Waals surface area contributed by atoms with Crippen LogP contribution < -0.4 is 5.32 Å². The largest absolute Gasteiger partial charge is 0.378 e. The lowest BCUT2D eigenvalue weighted by molar-refractivity contribution is 0.101. The fraction of sp³-hybridized carbons (Fsp3) is 0.321. The second-order valence-electron chi connectivity index (χ2n) is 9.39. The number of Topliss-reactive ketones (excluding diaryl/α,β-unsaturated/α-hetero) is 1. The van der Waals surface area contributed by atoms with Gasteiger partial charge in [-0.25, -0.2) is 16.8 Å². The molecule has 1 saturated heterocycles.